The number of aryl methyl sites for hydroxylation is 1. The highest BCUT2D eigenvalue weighted by Gasteiger charge is 2.40. The van der Waals surface area contributed by atoms with E-state index in [2.05, 4.69) is 27.9 Å². The van der Waals surface area contributed by atoms with Gasteiger partial charge in [0.05, 0.1) is 19.8 Å². The molecule has 0 saturated carbocycles. The Morgan fingerprint density at radius 1 is 1.25 bits per heavy atom. The third-order valence-electron chi connectivity index (χ3n) is 4.66. The van der Waals surface area contributed by atoms with Gasteiger partial charge in [0, 0.05) is 37.5 Å². The van der Waals surface area contributed by atoms with Gasteiger partial charge in [0.15, 0.2) is 5.82 Å². The lowest BCUT2D eigenvalue weighted by atomic mass is 10.0. The molecule has 2 saturated heterocycles. The van der Waals surface area contributed by atoms with Gasteiger partial charge in [-0.2, -0.15) is 0 Å². The van der Waals surface area contributed by atoms with Crippen molar-refractivity contribution in [3.8, 4) is 11.5 Å². The van der Waals surface area contributed by atoms with E-state index >= 15 is 0 Å². The average molecular weight is 326 g/mol. The third-order valence-corrected chi connectivity index (χ3v) is 4.66. The molecule has 1 unspecified atom stereocenters. The van der Waals surface area contributed by atoms with Crippen LogP contribution in [-0.4, -0.2) is 53.5 Å². The second-order valence-electron chi connectivity index (χ2n) is 6.37. The normalized spacial score (nSPS) is 23.8. The van der Waals surface area contributed by atoms with E-state index in [0.717, 1.165) is 49.7 Å². The summed E-state index contributed by atoms with van der Waals surface area (Å²) in [6, 6.07) is 7.90. The molecule has 2 aliphatic heterocycles. The van der Waals surface area contributed by atoms with Crippen molar-refractivity contribution in [2.24, 2.45) is 0 Å². The van der Waals surface area contributed by atoms with Crippen molar-refractivity contribution in [1.29, 1.82) is 0 Å². The van der Waals surface area contributed by atoms with E-state index in [4.69, 9.17) is 14.5 Å². The molecule has 0 radical (unpaired) electrons. The Morgan fingerprint density at radius 3 is 2.96 bits per heavy atom. The monoisotopic (exact) mass is 326 g/mol. The van der Waals surface area contributed by atoms with Crippen LogP contribution in [0.1, 0.15) is 19.0 Å². The molecule has 2 fully saturated rings. The standard InChI is InChI=1S/C18H22N4O2/c1-2-14-11-16(21-17(20-14)15-5-3-4-7-19-15)22-8-10-24-18(12-22)6-9-23-13-18/h3-5,7,11H,2,6,8-10,12-13H2,1H3. The van der Waals surface area contributed by atoms with E-state index in [1.807, 2.05) is 18.2 Å². The molecule has 2 aliphatic rings. The number of nitrogens with zero attached hydrogens (tertiary/aromatic N) is 4. The molecule has 1 atom stereocenters. The molecule has 4 rings (SSSR count). The lowest BCUT2D eigenvalue weighted by Crippen LogP contribution is -2.52. The first-order chi connectivity index (χ1) is 11.8. The van der Waals surface area contributed by atoms with Crippen LogP contribution >= 0.6 is 0 Å². The number of hydrogen-bond donors (Lipinski definition) is 0. The first kappa shape index (κ1) is 15.5. The Labute approximate surface area is 141 Å². The molecule has 0 bridgehead atoms. The van der Waals surface area contributed by atoms with Crippen LogP contribution < -0.4 is 4.90 Å². The van der Waals surface area contributed by atoms with Crippen LogP contribution in [0.3, 0.4) is 0 Å². The van der Waals surface area contributed by atoms with Crippen molar-refractivity contribution in [1.82, 2.24) is 15.0 Å². The molecular weight excluding hydrogens is 304 g/mol. The third kappa shape index (κ3) is 2.99. The van der Waals surface area contributed by atoms with Crippen molar-refractivity contribution in [2.75, 3.05) is 37.8 Å². The molecular formula is C18H22N4O2. The zero-order chi connectivity index (χ0) is 16.4. The Balaban J connectivity index is 1.67. The minimum Gasteiger partial charge on any atom is -0.378 e. The molecule has 24 heavy (non-hydrogen) atoms. The summed E-state index contributed by atoms with van der Waals surface area (Å²) in [4.78, 5) is 16.1. The van der Waals surface area contributed by atoms with Gasteiger partial charge >= 0.3 is 0 Å². The lowest BCUT2D eigenvalue weighted by Gasteiger charge is -2.40. The van der Waals surface area contributed by atoms with Gasteiger partial charge in [0.25, 0.3) is 0 Å². The number of morpholine rings is 1. The number of hydrogen-bond acceptors (Lipinski definition) is 6. The van der Waals surface area contributed by atoms with Crippen LogP contribution in [0, 0.1) is 0 Å². The smallest absolute Gasteiger partial charge is 0.180 e. The van der Waals surface area contributed by atoms with E-state index in [1.165, 1.54) is 0 Å². The minimum absolute atomic E-state index is 0.180. The molecule has 0 N–H and O–H groups in total. The number of pyridine rings is 1. The van der Waals surface area contributed by atoms with Gasteiger partial charge < -0.3 is 14.4 Å². The van der Waals surface area contributed by atoms with Crippen LogP contribution in [-0.2, 0) is 15.9 Å². The van der Waals surface area contributed by atoms with Crippen molar-refractivity contribution in [3.63, 3.8) is 0 Å². The molecule has 4 heterocycles. The fraction of sp³-hybridized carbons (Fsp3) is 0.500. The van der Waals surface area contributed by atoms with Crippen molar-refractivity contribution in [3.05, 3.63) is 36.2 Å². The van der Waals surface area contributed by atoms with Gasteiger partial charge in [-0.05, 0) is 18.6 Å². The largest absolute Gasteiger partial charge is 0.378 e. The quantitative estimate of drug-likeness (QED) is 0.861. The predicted octanol–water partition coefficient (Wildman–Crippen LogP) is 2.10. The van der Waals surface area contributed by atoms with Crippen LogP contribution in [0.4, 0.5) is 5.82 Å². The van der Waals surface area contributed by atoms with Crippen LogP contribution in [0.5, 0.6) is 0 Å². The second-order valence-corrected chi connectivity index (χ2v) is 6.37. The first-order valence-corrected chi connectivity index (χ1v) is 8.54. The maximum atomic E-state index is 6.03. The summed E-state index contributed by atoms with van der Waals surface area (Å²) in [5, 5.41) is 0. The lowest BCUT2D eigenvalue weighted by molar-refractivity contribution is -0.0581. The molecule has 0 aromatic carbocycles. The fourth-order valence-corrected chi connectivity index (χ4v) is 3.30. The van der Waals surface area contributed by atoms with Gasteiger partial charge in [-0.1, -0.05) is 13.0 Å². The van der Waals surface area contributed by atoms with Crippen LogP contribution in [0.15, 0.2) is 30.5 Å². The topological polar surface area (TPSA) is 60.4 Å². The highest BCUT2D eigenvalue weighted by Crippen LogP contribution is 2.30. The summed E-state index contributed by atoms with van der Waals surface area (Å²) < 4.78 is 11.6. The molecule has 126 valence electrons. The number of ether oxygens (including phenoxy) is 2. The van der Waals surface area contributed by atoms with Gasteiger partial charge in [0.2, 0.25) is 0 Å². The number of rotatable bonds is 3. The maximum Gasteiger partial charge on any atom is 0.180 e. The molecule has 0 amide bonds. The molecule has 6 nitrogen and oxygen atoms in total. The van der Waals surface area contributed by atoms with Crippen molar-refractivity contribution >= 4 is 5.82 Å². The first-order valence-electron chi connectivity index (χ1n) is 8.54. The van der Waals surface area contributed by atoms with Crippen LogP contribution in [0.25, 0.3) is 11.5 Å². The molecule has 2 aromatic rings. The Bertz CT molecular complexity index is 701. The zero-order valence-electron chi connectivity index (χ0n) is 13.9. The summed E-state index contributed by atoms with van der Waals surface area (Å²) in [5.41, 5.74) is 1.66. The second kappa shape index (κ2) is 6.45. The van der Waals surface area contributed by atoms with Crippen LogP contribution in [0.2, 0.25) is 0 Å². The van der Waals surface area contributed by atoms with Crippen molar-refractivity contribution in [2.45, 2.75) is 25.4 Å². The minimum atomic E-state index is -0.180. The Morgan fingerprint density at radius 2 is 2.21 bits per heavy atom. The SMILES string of the molecule is CCc1cc(N2CCOC3(CCOC3)C2)nc(-c2ccccn2)n1. The average Bonchev–Trinajstić information content (AvgIpc) is 3.09. The molecule has 6 heteroatoms. The Hall–Kier alpha value is -2.05. The number of aromatic nitrogens is 3. The summed E-state index contributed by atoms with van der Waals surface area (Å²) in [6.45, 7) is 5.91. The van der Waals surface area contributed by atoms with E-state index in [9.17, 15) is 0 Å². The van der Waals surface area contributed by atoms with Gasteiger partial charge in [-0.25, -0.2) is 9.97 Å². The van der Waals surface area contributed by atoms with E-state index in [0.29, 0.717) is 19.0 Å². The molecule has 1 spiro atoms. The highest BCUT2D eigenvalue weighted by atomic mass is 16.6. The van der Waals surface area contributed by atoms with Gasteiger partial charge in [0.1, 0.15) is 17.1 Å². The summed E-state index contributed by atoms with van der Waals surface area (Å²) >= 11 is 0. The highest BCUT2D eigenvalue weighted by molar-refractivity contribution is 5.54. The Kier molecular flexibility index (Phi) is 4.16. The molecule has 0 aliphatic carbocycles. The summed E-state index contributed by atoms with van der Waals surface area (Å²) in [7, 11) is 0. The summed E-state index contributed by atoms with van der Waals surface area (Å²) in [6.07, 6.45) is 3.59. The molecule has 2 aromatic heterocycles. The van der Waals surface area contributed by atoms with E-state index in [1.54, 1.807) is 6.20 Å². The maximum absolute atomic E-state index is 6.03. The number of anilines is 1. The predicted molar refractivity (Wildman–Crippen MR) is 91.0 cm³/mol. The van der Waals surface area contributed by atoms with Crippen molar-refractivity contribution < 1.29 is 9.47 Å². The van der Waals surface area contributed by atoms with E-state index < -0.39 is 0 Å². The zero-order valence-corrected chi connectivity index (χ0v) is 13.9. The fourth-order valence-electron chi connectivity index (χ4n) is 3.30. The van der Waals surface area contributed by atoms with Gasteiger partial charge in [-0.15, -0.1) is 0 Å². The van der Waals surface area contributed by atoms with E-state index in [-0.39, 0.29) is 5.60 Å². The summed E-state index contributed by atoms with van der Waals surface area (Å²) in [5.74, 6) is 1.64. The van der Waals surface area contributed by atoms with Gasteiger partial charge in [-0.3, -0.25) is 4.98 Å².